The van der Waals surface area contributed by atoms with Gasteiger partial charge in [-0.1, -0.05) is 0 Å². The normalized spacial score (nSPS) is 16.0. The molecule has 23 heavy (non-hydrogen) atoms. The molecule has 3 heterocycles. The molecule has 2 N–H and O–H groups in total. The van der Waals surface area contributed by atoms with Crippen LogP contribution in [0.15, 0.2) is 10.8 Å². The van der Waals surface area contributed by atoms with Gasteiger partial charge in [-0.3, -0.25) is 9.69 Å². The smallest absolute Gasteiger partial charge is 0.273 e. The molecule has 3 rings (SSSR count). The zero-order valence-corrected chi connectivity index (χ0v) is 14.8. The maximum Gasteiger partial charge on any atom is 0.273 e. The number of thiazole rings is 2. The van der Waals surface area contributed by atoms with E-state index in [2.05, 4.69) is 20.2 Å². The molecule has 2 aromatic rings. The lowest BCUT2D eigenvalue weighted by molar-refractivity contribution is 0.0622. The van der Waals surface area contributed by atoms with Crippen LogP contribution in [0.4, 0.5) is 0 Å². The van der Waals surface area contributed by atoms with Crippen molar-refractivity contribution in [2.75, 3.05) is 32.7 Å². The number of piperazine rings is 1. The minimum Gasteiger partial charge on any atom is -0.335 e. The number of aryl methyl sites for hydroxylation is 1. The molecule has 124 valence electrons. The number of amides is 1. The van der Waals surface area contributed by atoms with Gasteiger partial charge in [-0.15, -0.1) is 22.7 Å². The molecule has 0 radical (unpaired) electrons. The predicted octanol–water partition coefficient (Wildman–Crippen LogP) is 1.37. The fourth-order valence-electron chi connectivity index (χ4n) is 2.63. The van der Waals surface area contributed by atoms with Gasteiger partial charge in [0.1, 0.15) is 5.69 Å². The second kappa shape index (κ2) is 7.48. The molecule has 0 bridgehead atoms. The first-order valence-corrected chi connectivity index (χ1v) is 9.48. The van der Waals surface area contributed by atoms with E-state index < -0.39 is 0 Å². The van der Waals surface area contributed by atoms with Gasteiger partial charge in [-0.2, -0.15) is 0 Å². The quantitative estimate of drug-likeness (QED) is 0.880. The molecule has 0 spiro atoms. The SMILES string of the molecule is Cc1nc(CN2CCN(C(=O)c3csc(CCN)n3)CC2)cs1. The Hall–Kier alpha value is -1.35. The first-order valence-electron chi connectivity index (χ1n) is 7.73. The average Bonchev–Trinajstić information content (AvgIpc) is 3.17. The number of aromatic nitrogens is 2. The van der Waals surface area contributed by atoms with Crippen molar-refractivity contribution in [2.24, 2.45) is 5.73 Å². The third-order valence-electron chi connectivity index (χ3n) is 3.84. The molecule has 1 amide bonds. The lowest BCUT2D eigenvalue weighted by Crippen LogP contribution is -2.48. The lowest BCUT2D eigenvalue weighted by atomic mass is 10.2. The summed E-state index contributed by atoms with van der Waals surface area (Å²) in [6.07, 6.45) is 0.735. The molecule has 6 nitrogen and oxygen atoms in total. The van der Waals surface area contributed by atoms with E-state index in [0.29, 0.717) is 12.2 Å². The molecular formula is C15H21N5OS2. The predicted molar refractivity (Wildman–Crippen MR) is 92.9 cm³/mol. The van der Waals surface area contributed by atoms with Crippen molar-refractivity contribution in [3.8, 4) is 0 Å². The van der Waals surface area contributed by atoms with Crippen LogP contribution < -0.4 is 5.73 Å². The minimum absolute atomic E-state index is 0.0358. The molecule has 0 aliphatic carbocycles. The Balaban J connectivity index is 1.52. The van der Waals surface area contributed by atoms with E-state index in [-0.39, 0.29) is 5.91 Å². The first kappa shape index (κ1) is 16.5. The van der Waals surface area contributed by atoms with Gasteiger partial charge in [-0.25, -0.2) is 9.97 Å². The molecular weight excluding hydrogens is 330 g/mol. The fourth-order valence-corrected chi connectivity index (χ4v) is 4.02. The Bertz CT molecular complexity index is 660. The summed E-state index contributed by atoms with van der Waals surface area (Å²) >= 11 is 3.20. The molecule has 1 aliphatic rings. The number of carbonyl (C=O) groups is 1. The van der Waals surface area contributed by atoms with Gasteiger partial charge >= 0.3 is 0 Å². The zero-order chi connectivity index (χ0) is 16.2. The molecule has 2 aromatic heterocycles. The van der Waals surface area contributed by atoms with E-state index in [4.69, 9.17) is 5.73 Å². The Morgan fingerprint density at radius 2 is 2.00 bits per heavy atom. The second-order valence-corrected chi connectivity index (χ2v) is 7.60. The van der Waals surface area contributed by atoms with Gasteiger partial charge in [0.15, 0.2) is 0 Å². The van der Waals surface area contributed by atoms with E-state index in [1.54, 1.807) is 11.3 Å². The molecule has 0 aromatic carbocycles. The van der Waals surface area contributed by atoms with Crippen LogP contribution in [-0.4, -0.2) is 58.4 Å². The Labute approximate surface area is 144 Å². The van der Waals surface area contributed by atoms with Crippen molar-refractivity contribution in [2.45, 2.75) is 19.9 Å². The van der Waals surface area contributed by atoms with E-state index in [9.17, 15) is 4.79 Å². The summed E-state index contributed by atoms with van der Waals surface area (Å²) in [5.74, 6) is 0.0358. The van der Waals surface area contributed by atoms with Gasteiger partial charge in [0, 0.05) is 49.9 Å². The molecule has 1 fully saturated rings. The van der Waals surface area contributed by atoms with Crippen molar-refractivity contribution < 1.29 is 4.79 Å². The van der Waals surface area contributed by atoms with Crippen molar-refractivity contribution in [3.63, 3.8) is 0 Å². The second-order valence-electron chi connectivity index (χ2n) is 5.59. The summed E-state index contributed by atoms with van der Waals surface area (Å²) in [5.41, 5.74) is 7.21. The highest BCUT2D eigenvalue weighted by atomic mass is 32.1. The summed E-state index contributed by atoms with van der Waals surface area (Å²) in [6.45, 7) is 6.69. The summed E-state index contributed by atoms with van der Waals surface area (Å²) in [6, 6.07) is 0. The van der Waals surface area contributed by atoms with Crippen molar-refractivity contribution >= 4 is 28.6 Å². The van der Waals surface area contributed by atoms with E-state index in [1.165, 1.54) is 11.3 Å². The van der Waals surface area contributed by atoms with Crippen molar-refractivity contribution in [1.29, 1.82) is 0 Å². The molecule has 1 aliphatic heterocycles. The molecule has 8 heteroatoms. The van der Waals surface area contributed by atoms with Crippen molar-refractivity contribution in [1.82, 2.24) is 19.8 Å². The van der Waals surface area contributed by atoms with Gasteiger partial charge in [-0.05, 0) is 13.5 Å². The molecule has 0 atom stereocenters. The highest BCUT2D eigenvalue weighted by Gasteiger charge is 2.24. The molecule has 0 unspecified atom stereocenters. The Morgan fingerprint density at radius 1 is 1.22 bits per heavy atom. The molecule has 0 saturated carbocycles. The van der Waals surface area contributed by atoms with Crippen LogP contribution in [-0.2, 0) is 13.0 Å². The largest absolute Gasteiger partial charge is 0.335 e. The highest BCUT2D eigenvalue weighted by Crippen LogP contribution is 2.15. The van der Waals surface area contributed by atoms with E-state index >= 15 is 0 Å². The third-order valence-corrected chi connectivity index (χ3v) is 5.57. The summed E-state index contributed by atoms with van der Waals surface area (Å²) < 4.78 is 0. The average molecular weight is 352 g/mol. The number of carbonyl (C=O) groups excluding carboxylic acids is 1. The summed E-state index contributed by atoms with van der Waals surface area (Å²) in [7, 11) is 0. The lowest BCUT2D eigenvalue weighted by Gasteiger charge is -2.34. The number of hydrogen-bond donors (Lipinski definition) is 1. The van der Waals surface area contributed by atoms with Crippen LogP contribution in [0, 0.1) is 6.92 Å². The topological polar surface area (TPSA) is 75.4 Å². The van der Waals surface area contributed by atoms with Crippen LogP contribution in [0.5, 0.6) is 0 Å². The number of nitrogens with zero attached hydrogens (tertiary/aromatic N) is 4. The monoisotopic (exact) mass is 351 g/mol. The van der Waals surface area contributed by atoms with Crippen LogP contribution in [0.25, 0.3) is 0 Å². The van der Waals surface area contributed by atoms with Gasteiger partial charge < -0.3 is 10.6 Å². The van der Waals surface area contributed by atoms with Gasteiger partial charge in [0.05, 0.1) is 15.7 Å². The van der Waals surface area contributed by atoms with Crippen LogP contribution in [0.2, 0.25) is 0 Å². The number of hydrogen-bond acceptors (Lipinski definition) is 7. The first-order chi connectivity index (χ1) is 11.2. The van der Waals surface area contributed by atoms with Crippen LogP contribution in [0.1, 0.15) is 26.2 Å². The Kier molecular flexibility index (Phi) is 5.37. The zero-order valence-electron chi connectivity index (χ0n) is 13.2. The Morgan fingerprint density at radius 3 is 2.65 bits per heavy atom. The van der Waals surface area contributed by atoms with E-state index in [0.717, 1.165) is 54.9 Å². The van der Waals surface area contributed by atoms with Crippen LogP contribution >= 0.6 is 22.7 Å². The standard InChI is InChI=1S/C15H21N5OS2/c1-11-17-12(9-22-11)8-19-4-6-20(7-5-19)15(21)13-10-23-14(18-13)2-3-16/h9-10H,2-8,16H2,1H3. The van der Waals surface area contributed by atoms with Gasteiger partial charge in [0.25, 0.3) is 5.91 Å². The van der Waals surface area contributed by atoms with Crippen LogP contribution in [0.3, 0.4) is 0 Å². The maximum atomic E-state index is 12.5. The van der Waals surface area contributed by atoms with Crippen molar-refractivity contribution in [3.05, 3.63) is 32.2 Å². The molecule has 1 saturated heterocycles. The summed E-state index contributed by atoms with van der Waals surface area (Å²) in [5, 5.41) is 6.00. The van der Waals surface area contributed by atoms with E-state index in [1.807, 2.05) is 17.2 Å². The maximum absolute atomic E-state index is 12.5. The minimum atomic E-state index is 0.0358. The van der Waals surface area contributed by atoms with Gasteiger partial charge in [0.2, 0.25) is 0 Å². The number of nitrogens with two attached hydrogens (primary N) is 1. The fraction of sp³-hybridized carbons (Fsp3) is 0.533. The summed E-state index contributed by atoms with van der Waals surface area (Å²) in [4.78, 5) is 25.6. The number of rotatable bonds is 5. The third kappa shape index (κ3) is 4.14. The highest BCUT2D eigenvalue weighted by molar-refractivity contribution is 7.10.